The van der Waals surface area contributed by atoms with E-state index in [1.54, 1.807) is 7.11 Å². The fourth-order valence-corrected chi connectivity index (χ4v) is 3.53. The van der Waals surface area contributed by atoms with Crippen LogP contribution in [0.15, 0.2) is 42.5 Å². The molecular formula is C20H23NO2. The molecule has 0 radical (unpaired) electrons. The molecular weight excluding hydrogens is 286 g/mol. The molecule has 1 amide bonds. The largest absolute Gasteiger partial charge is 0.497 e. The highest BCUT2D eigenvalue weighted by molar-refractivity contribution is 5.76. The normalized spacial score (nSPS) is 17.6. The lowest BCUT2D eigenvalue weighted by molar-refractivity contribution is -0.121. The number of benzene rings is 2. The van der Waals surface area contributed by atoms with Crippen LogP contribution >= 0.6 is 0 Å². The number of rotatable bonds is 4. The Morgan fingerprint density at radius 3 is 2.61 bits per heavy atom. The van der Waals surface area contributed by atoms with E-state index in [2.05, 4.69) is 36.4 Å². The Labute approximate surface area is 137 Å². The zero-order chi connectivity index (χ0) is 16.4. The van der Waals surface area contributed by atoms with Crippen LogP contribution in [0.5, 0.6) is 5.75 Å². The summed E-state index contributed by atoms with van der Waals surface area (Å²) in [7, 11) is 1.69. The van der Waals surface area contributed by atoms with Gasteiger partial charge in [-0.25, -0.2) is 0 Å². The second-order valence-electron chi connectivity index (χ2n) is 6.36. The molecule has 0 fully saturated rings. The lowest BCUT2D eigenvalue weighted by atomic mass is 9.82. The van der Waals surface area contributed by atoms with E-state index in [-0.39, 0.29) is 17.7 Å². The van der Waals surface area contributed by atoms with Gasteiger partial charge >= 0.3 is 0 Å². The number of aryl methyl sites for hydroxylation is 2. The average Bonchev–Trinajstić information content (AvgIpc) is 2.72. The zero-order valence-electron chi connectivity index (χ0n) is 13.7. The summed E-state index contributed by atoms with van der Waals surface area (Å²) in [5.41, 5.74) is 10.8. The molecule has 0 saturated carbocycles. The van der Waals surface area contributed by atoms with E-state index in [0.717, 1.165) is 25.0 Å². The van der Waals surface area contributed by atoms with Gasteiger partial charge in [0.1, 0.15) is 5.75 Å². The van der Waals surface area contributed by atoms with Crippen LogP contribution in [-0.2, 0) is 17.6 Å². The van der Waals surface area contributed by atoms with E-state index in [0.29, 0.717) is 0 Å². The summed E-state index contributed by atoms with van der Waals surface area (Å²) >= 11 is 0. The molecule has 0 spiro atoms. The molecule has 120 valence electrons. The fourth-order valence-electron chi connectivity index (χ4n) is 3.53. The number of amides is 1. The van der Waals surface area contributed by atoms with Crippen LogP contribution in [0.2, 0.25) is 0 Å². The summed E-state index contributed by atoms with van der Waals surface area (Å²) in [5, 5.41) is 0. The fraction of sp³-hybridized carbons (Fsp3) is 0.350. The van der Waals surface area contributed by atoms with Gasteiger partial charge in [-0.1, -0.05) is 37.3 Å². The number of hydrogen-bond acceptors (Lipinski definition) is 2. The van der Waals surface area contributed by atoms with E-state index in [1.165, 1.54) is 22.3 Å². The third-order valence-electron chi connectivity index (χ3n) is 4.89. The van der Waals surface area contributed by atoms with Gasteiger partial charge in [0.2, 0.25) is 5.91 Å². The van der Waals surface area contributed by atoms with Gasteiger partial charge in [-0.05, 0) is 53.6 Å². The van der Waals surface area contributed by atoms with Gasteiger partial charge in [-0.15, -0.1) is 0 Å². The summed E-state index contributed by atoms with van der Waals surface area (Å²) in [5.74, 6) is 0.705. The minimum Gasteiger partial charge on any atom is -0.497 e. The van der Waals surface area contributed by atoms with Gasteiger partial charge in [0.25, 0.3) is 0 Å². The number of primary amides is 1. The van der Waals surface area contributed by atoms with Gasteiger partial charge in [0.05, 0.1) is 7.11 Å². The highest BCUT2D eigenvalue weighted by atomic mass is 16.5. The van der Waals surface area contributed by atoms with Crippen LogP contribution in [0.4, 0.5) is 0 Å². The SMILES string of the molecule is COc1ccc2c(c1)CCc1ccccc1C2CC(C)C(N)=O. The molecule has 1 aliphatic rings. The van der Waals surface area contributed by atoms with Gasteiger partial charge in [-0.2, -0.15) is 0 Å². The molecule has 0 bridgehead atoms. The van der Waals surface area contributed by atoms with Crippen molar-refractivity contribution < 1.29 is 9.53 Å². The number of carbonyl (C=O) groups excluding carboxylic acids is 1. The van der Waals surface area contributed by atoms with Crippen molar-refractivity contribution in [3.63, 3.8) is 0 Å². The number of methoxy groups -OCH3 is 1. The summed E-state index contributed by atoms with van der Waals surface area (Å²) in [6, 6.07) is 14.8. The van der Waals surface area contributed by atoms with E-state index in [1.807, 2.05) is 13.0 Å². The molecule has 2 aromatic rings. The predicted molar refractivity (Wildman–Crippen MR) is 91.7 cm³/mol. The maximum absolute atomic E-state index is 11.6. The second-order valence-corrected chi connectivity index (χ2v) is 6.36. The van der Waals surface area contributed by atoms with Gasteiger partial charge in [-0.3, -0.25) is 4.79 Å². The summed E-state index contributed by atoms with van der Waals surface area (Å²) in [6.45, 7) is 1.92. The van der Waals surface area contributed by atoms with Crippen molar-refractivity contribution in [2.24, 2.45) is 11.7 Å². The van der Waals surface area contributed by atoms with Crippen molar-refractivity contribution in [2.75, 3.05) is 7.11 Å². The minimum atomic E-state index is -0.234. The number of nitrogens with two attached hydrogens (primary N) is 1. The van der Waals surface area contributed by atoms with Crippen LogP contribution in [0.1, 0.15) is 41.5 Å². The van der Waals surface area contributed by atoms with Crippen molar-refractivity contribution in [3.8, 4) is 5.75 Å². The highest BCUT2D eigenvalue weighted by Crippen LogP contribution is 2.39. The average molecular weight is 309 g/mol. The van der Waals surface area contributed by atoms with E-state index in [4.69, 9.17) is 10.5 Å². The van der Waals surface area contributed by atoms with Crippen LogP contribution in [-0.4, -0.2) is 13.0 Å². The molecule has 0 aliphatic heterocycles. The standard InChI is InChI=1S/C20H23NO2/c1-13(20(21)22)11-19-17-6-4-3-5-14(17)7-8-15-12-16(23-2)9-10-18(15)19/h3-6,9-10,12-13,19H,7-8,11H2,1-2H3,(H2,21,22). The Hall–Kier alpha value is -2.29. The van der Waals surface area contributed by atoms with E-state index in [9.17, 15) is 4.79 Å². The monoisotopic (exact) mass is 309 g/mol. The first-order valence-corrected chi connectivity index (χ1v) is 8.14. The molecule has 2 N–H and O–H groups in total. The molecule has 2 atom stereocenters. The number of fused-ring (bicyclic) bond motifs is 2. The van der Waals surface area contributed by atoms with Crippen molar-refractivity contribution in [1.82, 2.24) is 0 Å². The third-order valence-corrected chi connectivity index (χ3v) is 4.89. The molecule has 3 rings (SSSR count). The topological polar surface area (TPSA) is 52.3 Å². The predicted octanol–water partition coefficient (Wildman–Crippen LogP) is 3.44. The molecule has 1 aliphatic carbocycles. The molecule has 3 nitrogen and oxygen atoms in total. The Kier molecular flexibility index (Phi) is 4.37. The van der Waals surface area contributed by atoms with Crippen LogP contribution in [0.3, 0.4) is 0 Å². The first-order chi connectivity index (χ1) is 11.1. The quantitative estimate of drug-likeness (QED) is 0.940. The number of carbonyl (C=O) groups is 1. The Morgan fingerprint density at radius 2 is 1.87 bits per heavy atom. The van der Waals surface area contributed by atoms with Crippen molar-refractivity contribution >= 4 is 5.91 Å². The molecule has 3 heteroatoms. The smallest absolute Gasteiger partial charge is 0.220 e. The highest BCUT2D eigenvalue weighted by Gasteiger charge is 2.26. The summed E-state index contributed by atoms with van der Waals surface area (Å²) in [4.78, 5) is 11.6. The van der Waals surface area contributed by atoms with E-state index >= 15 is 0 Å². The third kappa shape index (κ3) is 3.09. The van der Waals surface area contributed by atoms with Crippen LogP contribution < -0.4 is 10.5 Å². The zero-order valence-corrected chi connectivity index (χ0v) is 13.7. The van der Waals surface area contributed by atoms with Crippen molar-refractivity contribution in [3.05, 3.63) is 64.7 Å². The van der Waals surface area contributed by atoms with Gasteiger partial charge in [0.15, 0.2) is 0 Å². The lowest BCUT2D eigenvalue weighted by Gasteiger charge is -2.23. The van der Waals surface area contributed by atoms with Gasteiger partial charge < -0.3 is 10.5 Å². The maximum atomic E-state index is 11.6. The minimum absolute atomic E-state index is 0.152. The number of hydrogen-bond donors (Lipinski definition) is 1. The van der Waals surface area contributed by atoms with E-state index < -0.39 is 0 Å². The first-order valence-electron chi connectivity index (χ1n) is 8.14. The van der Waals surface area contributed by atoms with Crippen molar-refractivity contribution in [1.29, 1.82) is 0 Å². The molecule has 0 saturated heterocycles. The lowest BCUT2D eigenvalue weighted by Crippen LogP contribution is -2.23. The maximum Gasteiger partial charge on any atom is 0.220 e. The molecule has 0 aromatic heterocycles. The molecule has 2 aromatic carbocycles. The molecule has 0 heterocycles. The number of ether oxygens (including phenoxy) is 1. The molecule has 2 unspecified atom stereocenters. The Balaban J connectivity index is 2.09. The van der Waals surface area contributed by atoms with Crippen molar-refractivity contribution in [2.45, 2.75) is 32.1 Å². The van der Waals surface area contributed by atoms with Crippen LogP contribution in [0.25, 0.3) is 0 Å². The first kappa shape index (κ1) is 15.6. The van der Waals surface area contributed by atoms with Crippen LogP contribution in [0, 0.1) is 5.92 Å². The Morgan fingerprint density at radius 1 is 1.17 bits per heavy atom. The molecule has 23 heavy (non-hydrogen) atoms. The Bertz CT molecular complexity index is 723. The summed E-state index contributed by atoms with van der Waals surface area (Å²) in [6.07, 6.45) is 2.74. The van der Waals surface area contributed by atoms with Gasteiger partial charge in [0, 0.05) is 11.8 Å². The second kappa shape index (κ2) is 6.45. The summed E-state index contributed by atoms with van der Waals surface area (Å²) < 4.78 is 5.38.